The van der Waals surface area contributed by atoms with Gasteiger partial charge >= 0.3 is 0 Å². The van der Waals surface area contributed by atoms with Gasteiger partial charge < -0.3 is 0 Å². The highest BCUT2D eigenvalue weighted by Gasteiger charge is 2.21. The molecular weight excluding hydrogens is 330 g/mol. The fraction of sp³-hybridized carbons (Fsp3) is 0.364. The summed E-state index contributed by atoms with van der Waals surface area (Å²) in [6, 6.07) is 0. The molecule has 2 aromatic heterocycles. The van der Waals surface area contributed by atoms with E-state index < -0.39 is 0 Å². The number of nitrogens with zero attached hydrogens (tertiary/aromatic N) is 5. The Balaban J connectivity index is 2.35. The van der Waals surface area contributed by atoms with Crippen molar-refractivity contribution in [2.24, 2.45) is 0 Å². The second kappa shape index (κ2) is 5.70. The lowest BCUT2D eigenvalue weighted by molar-refractivity contribution is 0.0986. The van der Waals surface area contributed by atoms with Gasteiger partial charge in [-0.05, 0) is 15.9 Å². The first kappa shape index (κ1) is 14.0. The lowest BCUT2D eigenvalue weighted by Gasteiger charge is -2.14. The molecule has 0 bridgehead atoms. The van der Waals surface area contributed by atoms with Crippen molar-refractivity contribution in [2.45, 2.75) is 19.8 Å². The quantitative estimate of drug-likeness (QED) is 0.857. The Morgan fingerprint density at radius 2 is 2.21 bits per heavy atom. The van der Waals surface area contributed by atoms with Gasteiger partial charge in [0, 0.05) is 19.2 Å². The molecule has 0 saturated heterocycles. The lowest BCUT2D eigenvalue weighted by atomic mass is 10.2. The molecule has 0 aliphatic carbocycles. The molecule has 100 valence electrons. The van der Waals surface area contributed by atoms with Gasteiger partial charge in [0.15, 0.2) is 0 Å². The van der Waals surface area contributed by atoms with Crippen molar-refractivity contribution in [1.29, 1.82) is 0 Å². The van der Waals surface area contributed by atoms with Gasteiger partial charge in [0.1, 0.15) is 17.0 Å². The maximum atomic E-state index is 12.4. The smallest absolute Gasteiger partial charge is 0.279 e. The fourth-order valence-corrected chi connectivity index (χ4v) is 2.25. The summed E-state index contributed by atoms with van der Waals surface area (Å²) < 4.78 is 0.568. The maximum absolute atomic E-state index is 12.4. The normalized spacial score (nSPS) is 10.8. The molecule has 19 heavy (non-hydrogen) atoms. The largest absolute Gasteiger partial charge is 0.284 e. The second-order valence-corrected chi connectivity index (χ2v) is 5.83. The number of aromatic nitrogens is 4. The summed E-state index contributed by atoms with van der Waals surface area (Å²) in [7, 11) is 1.65. The molecule has 0 N–H and O–H groups in total. The van der Waals surface area contributed by atoms with Crippen molar-refractivity contribution in [3.05, 3.63) is 27.7 Å². The van der Waals surface area contributed by atoms with Crippen LogP contribution in [0.25, 0.3) is 0 Å². The van der Waals surface area contributed by atoms with Crippen molar-refractivity contribution in [3.63, 3.8) is 0 Å². The number of anilines is 1. The monoisotopic (exact) mass is 341 g/mol. The molecule has 0 spiro atoms. The summed E-state index contributed by atoms with van der Waals surface area (Å²) in [4.78, 5) is 22.3. The van der Waals surface area contributed by atoms with Crippen molar-refractivity contribution < 1.29 is 4.79 Å². The highest BCUT2D eigenvalue weighted by molar-refractivity contribution is 9.10. The molecule has 2 aromatic rings. The number of hydrogen-bond acceptors (Lipinski definition) is 6. The molecular formula is C11H12BrN5OS. The standard InChI is InChI=1S/C11H12BrN5OS/c1-6(2)9-13-4-7(12)8(15-9)10(18)17(3)11-16-14-5-19-11/h4-6H,1-3H3. The average Bonchev–Trinajstić information content (AvgIpc) is 2.91. The SMILES string of the molecule is CC(C)c1ncc(Br)c(C(=O)N(C)c2nncs2)n1. The third-order valence-corrected chi connectivity index (χ3v) is 3.77. The fourth-order valence-electron chi connectivity index (χ4n) is 1.37. The van der Waals surface area contributed by atoms with Crippen molar-refractivity contribution in [1.82, 2.24) is 20.2 Å². The van der Waals surface area contributed by atoms with Crippen LogP contribution in [0, 0.1) is 0 Å². The molecule has 8 heteroatoms. The van der Waals surface area contributed by atoms with Gasteiger partial charge in [-0.15, -0.1) is 10.2 Å². The minimum absolute atomic E-state index is 0.159. The summed E-state index contributed by atoms with van der Waals surface area (Å²) >= 11 is 4.60. The Morgan fingerprint density at radius 1 is 1.47 bits per heavy atom. The zero-order chi connectivity index (χ0) is 14.0. The van der Waals surface area contributed by atoms with Crippen LogP contribution < -0.4 is 4.90 Å². The molecule has 2 heterocycles. The molecule has 6 nitrogen and oxygen atoms in total. The Morgan fingerprint density at radius 3 is 2.79 bits per heavy atom. The van der Waals surface area contributed by atoms with E-state index in [1.54, 1.807) is 18.8 Å². The Hall–Kier alpha value is -1.41. The second-order valence-electron chi connectivity index (χ2n) is 4.16. The van der Waals surface area contributed by atoms with Crippen molar-refractivity contribution >= 4 is 38.3 Å². The van der Waals surface area contributed by atoms with E-state index in [0.717, 1.165) is 0 Å². The molecule has 0 aromatic carbocycles. The van der Waals surface area contributed by atoms with E-state index in [9.17, 15) is 4.79 Å². The molecule has 0 radical (unpaired) electrons. The van der Waals surface area contributed by atoms with E-state index in [-0.39, 0.29) is 11.8 Å². The van der Waals surface area contributed by atoms with Crippen LogP contribution >= 0.6 is 27.3 Å². The first-order chi connectivity index (χ1) is 9.00. The van der Waals surface area contributed by atoms with Crippen LogP contribution in [0.4, 0.5) is 5.13 Å². The molecule has 0 fully saturated rings. The van der Waals surface area contributed by atoms with Crippen molar-refractivity contribution in [3.8, 4) is 0 Å². The minimum Gasteiger partial charge on any atom is -0.284 e. The number of amides is 1. The Kier molecular flexibility index (Phi) is 4.20. The van der Waals surface area contributed by atoms with Crippen LogP contribution in [0.1, 0.15) is 36.1 Å². The van der Waals surface area contributed by atoms with E-state index in [1.165, 1.54) is 16.2 Å². The molecule has 0 aliphatic rings. The molecule has 0 aliphatic heterocycles. The predicted molar refractivity (Wildman–Crippen MR) is 76.5 cm³/mol. The van der Waals surface area contributed by atoms with E-state index in [4.69, 9.17) is 0 Å². The summed E-state index contributed by atoms with van der Waals surface area (Å²) in [5, 5.41) is 8.11. The van der Waals surface area contributed by atoms with Gasteiger partial charge in [0.2, 0.25) is 5.13 Å². The Labute approximate surface area is 123 Å². The van der Waals surface area contributed by atoms with Gasteiger partial charge in [0.05, 0.1) is 4.47 Å². The zero-order valence-electron chi connectivity index (χ0n) is 10.7. The summed E-state index contributed by atoms with van der Waals surface area (Å²) in [6.07, 6.45) is 1.60. The van der Waals surface area contributed by atoms with Gasteiger partial charge in [-0.2, -0.15) is 0 Å². The Bertz CT molecular complexity index is 587. The first-order valence-corrected chi connectivity index (χ1v) is 7.24. The van der Waals surface area contributed by atoms with Crippen LogP contribution in [-0.2, 0) is 0 Å². The van der Waals surface area contributed by atoms with Gasteiger partial charge in [-0.25, -0.2) is 9.97 Å². The highest BCUT2D eigenvalue weighted by Crippen LogP contribution is 2.21. The average molecular weight is 342 g/mol. The molecule has 2 rings (SSSR count). The topological polar surface area (TPSA) is 71.9 Å². The van der Waals surface area contributed by atoms with E-state index in [0.29, 0.717) is 21.1 Å². The lowest BCUT2D eigenvalue weighted by Crippen LogP contribution is -2.28. The van der Waals surface area contributed by atoms with E-state index in [2.05, 4.69) is 36.1 Å². The summed E-state index contributed by atoms with van der Waals surface area (Å²) in [6.45, 7) is 3.96. The van der Waals surface area contributed by atoms with Crippen LogP contribution in [0.3, 0.4) is 0 Å². The minimum atomic E-state index is -0.243. The molecule has 0 atom stereocenters. The van der Waals surface area contributed by atoms with Gasteiger partial charge in [-0.3, -0.25) is 9.69 Å². The van der Waals surface area contributed by atoms with Gasteiger partial charge in [0.25, 0.3) is 5.91 Å². The van der Waals surface area contributed by atoms with Crippen LogP contribution in [0.15, 0.2) is 16.2 Å². The van der Waals surface area contributed by atoms with Gasteiger partial charge in [-0.1, -0.05) is 25.2 Å². The van der Waals surface area contributed by atoms with Crippen molar-refractivity contribution in [2.75, 3.05) is 11.9 Å². The summed E-state index contributed by atoms with van der Waals surface area (Å²) in [5.41, 5.74) is 1.91. The van der Waals surface area contributed by atoms with Crippen LogP contribution in [-0.4, -0.2) is 33.1 Å². The highest BCUT2D eigenvalue weighted by atomic mass is 79.9. The number of halogens is 1. The van der Waals surface area contributed by atoms with E-state index in [1.807, 2.05) is 13.8 Å². The molecule has 0 unspecified atom stereocenters. The molecule has 0 saturated carbocycles. The number of carbonyl (C=O) groups excluding carboxylic acids is 1. The zero-order valence-corrected chi connectivity index (χ0v) is 13.1. The maximum Gasteiger partial charge on any atom is 0.279 e. The predicted octanol–water partition coefficient (Wildman–Crippen LogP) is 2.49. The summed E-state index contributed by atoms with van der Waals surface area (Å²) in [5.74, 6) is 0.552. The van der Waals surface area contributed by atoms with E-state index >= 15 is 0 Å². The number of rotatable bonds is 3. The first-order valence-electron chi connectivity index (χ1n) is 5.57. The third-order valence-electron chi connectivity index (χ3n) is 2.42. The van der Waals surface area contributed by atoms with Crippen LogP contribution in [0.2, 0.25) is 0 Å². The van der Waals surface area contributed by atoms with Crippen LogP contribution in [0.5, 0.6) is 0 Å². The molecule has 1 amide bonds. The third kappa shape index (κ3) is 2.95. The number of hydrogen-bond donors (Lipinski definition) is 0. The number of carbonyl (C=O) groups is 1.